The number of methoxy groups -OCH3 is 1. The lowest BCUT2D eigenvalue weighted by Gasteiger charge is -2.01. The molecule has 4 rings (SSSR count). The van der Waals surface area contributed by atoms with Gasteiger partial charge in [0, 0.05) is 16.5 Å². The molecule has 0 aliphatic heterocycles. The smallest absolute Gasteiger partial charge is 0.236 e. The Hall–Kier alpha value is -3.17. The highest BCUT2D eigenvalue weighted by Gasteiger charge is 2.12. The molecule has 2 aromatic heterocycles. The Morgan fingerprint density at radius 2 is 1.84 bits per heavy atom. The van der Waals surface area contributed by atoms with Crippen LogP contribution in [0.2, 0.25) is 0 Å². The van der Waals surface area contributed by atoms with Gasteiger partial charge in [0.15, 0.2) is 11.0 Å². The van der Waals surface area contributed by atoms with Crippen molar-refractivity contribution >= 4 is 34.1 Å². The molecule has 0 radical (unpaired) electrons. The summed E-state index contributed by atoms with van der Waals surface area (Å²) in [6, 6.07) is 15.8. The van der Waals surface area contributed by atoms with Crippen molar-refractivity contribution in [2.24, 2.45) is 0 Å². The first kappa shape index (κ1) is 21.1. The van der Waals surface area contributed by atoms with Crippen LogP contribution >= 0.6 is 23.1 Å². The molecular formula is C22H21N5O2S2. The number of H-pyrrole nitrogens is 1. The fourth-order valence-electron chi connectivity index (χ4n) is 2.85. The van der Waals surface area contributed by atoms with E-state index in [-0.39, 0.29) is 11.7 Å². The largest absolute Gasteiger partial charge is 0.497 e. The van der Waals surface area contributed by atoms with Crippen molar-refractivity contribution in [2.45, 2.75) is 18.5 Å². The standard InChI is InChI=1S/C22H21N5O2S2/c1-3-14-4-6-16(7-5-14)20-25-22(27-26-20)31-13-19(28)24-21-23-18(12-30-21)15-8-10-17(29-2)11-9-15/h4-12H,3,13H2,1-2H3,(H,23,24,28)(H,25,26,27). The molecule has 4 aromatic rings. The van der Waals surface area contributed by atoms with Gasteiger partial charge >= 0.3 is 0 Å². The quantitative estimate of drug-likeness (QED) is 0.370. The Kier molecular flexibility index (Phi) is 6.63. The third kappa shape index (κ3) is 5.31. The second kappa shape index (κ2) is 9.76. The molecule has 2 aromatic carbocycles. The molecule has 0 aliphatic rings. The highest BCUT2D eigenvalue weighted by molar-refractivity contribution is 7.99. The van der Waals surface area contributed by atoms with Crippen LogP contribution in [-0.4, -0.2) is 38.9 Å². The van der Waals surface area contributed by atoms with Gasteiger partial charge in [-0.1, -0.05) is 43.0 Å². The average Bonchev–Trinajstić information content (AvgIpc) is 3.48. The number of thiazole rings is 1. The molecular weight excluding hydrogens is 430 g/mol. The zero-order valence-corrected chi connectivity index (χ0v) is 18.7. The van der Waals surface area contributed by atoms with Gasteiger partial charge in [0.1, 0.15) is 5.75 Å². The van der Waals surface area contributed by atoms with Gasteiger partial charge < -0.3 is 10.1 Å². The Labute approximate surface area is 188 Å². The lowest BCUT2D eigenvalue weighted by Crippen LogP contribution is -2.13. The van der Waals surface area contributed by atoms with E-state index in [2.05, 4.69) is 44.5 Å². The van der Waals surface area contributed by atoms with Crippen LogP contribution in [0.3, 0.4) is 0 Å². The highest BCUT2D eigenvalue weighted by Crippen LogP contribution is 2.27. The van der Waals surface area contributed by atoms with Crippen molar-refractivity contribution in [3.63, 3.8) is 0 Å². The highest BCUT2D eigenvalue weighted by atomic mass is 32.2. The Morgan fingerprint density at radius 3 is 2.55 bits per heavy atom. The van der Waals surface area contributed by atoms with Gasteiger partial charge in [0.2, 0.25) is 11.1 Å². The Bertz CT molecular complexity index is 1150. The fourth-order valence-corrected chi connectivity index (χ4v) is 4.18. The van der Waals surface area contributed by atoms with Crippen LogP contribution in [0.1, 0.15) is 12.5 Å². The third-order valence-electron chi connectivity index (χ3n) is 4.57. The summed E-state index contributed by atoms with van der Waals surface area (Å²) in [6.45, 7) is 2.12. The molecule has 0 unspecified atom stereocenters. The number of aromatic nitrogens is 4. The number of anilines is 1. The molecule has 0 atom stereocenters. The van der Waals surface area contributed by atoms with E-state index in [9.17, 15) is 4.79 Å². The average molecular weight is 452 g/mol. The number of thioether (sulfide) groups is 1. The fraction of sp³-hybridized carbons (Fsp3) is 0.182. The topological polar surface area (TPSA) is 92.8 Å². The Balaban J connectivity index is 1.31. The molecule has 0 saturated heterocycles. The van der Waals surface area contributed by atoms with Crippen LogP contribution in [0.4, 0.5) is 5.13 Å². The summed E-state index contributed by atoms with van der Waals surface area (Å²) in [4.78, 5) is 21.3. The second-order valence-electron chi connectivity index (χ2n) is 6.62. The van der Waals surface area contributed by atoms with E-state index in [1.807, 2.05) is 41.8 Å². The van der Waals surface area contributed by atoms with Gasteiger partial charge in [-0.15, -0.1) is 16.4 Å². The minimum absolute atomic E-state index is 0.153. The first-order valence-electron chi connectivity index (χ1n) is 9.69. The molecule has 158 valence electrons. The lowest BCUT2D eigenvalue weighted by molar-refractivity contribution is -0.113. The Morgan fingerprint density at radius 1 is 1.10 bits per heavy atom. The van der Waals surface area contributed by atoms with E-state index in [1.54, 1.807) is 7.11 Å². The van der Waals surface area contributed by atoms with E-state index in [0.717, 1.165) is 29.0 Å². The van der Waals surface area contributed by atoms with Crippen LogP contribution in [-0.2, 0) is 11.2 Å². The summed E-state index contributed by atoms with van der Waals surface area (Å²) < 4.78 is 5.17. The molecule has 0 fully saturated rings. The van der Waals surface area contributed by atoms with Gasteiger partial charge in [-0.3, -0.25) is 9.89 Å². The normalized spacial score (nSPS) is 10.8. The van der Waals surface area contributed by atoms with Gasteiger partial charge in [-0.25, -0.2) is 9.97 Å². The predicted octanol–water partition coefficient (Wildman–Crippen LogP) is 4.90. The van der Waals surface area contributed by atoms with E-state index in [0.29, 0.717) is 16.1 Å². The number of nitrogens with one attached hydrogen (secondary N) is 2. The maximum absolute atomic E-state index is 12.3. The number of nitrogens with zero attached hydrogens (tertiary/aromatic N) is 3. The van der Waals surface area contributed by atoms with Gasteiger partial charge in [0.05, 0.1) is 18.6 Å². The number of aryl methyl sites for hydroxylation is 1. The molecule has 2 heterocycles. The van der Waals surface area contributed by atoms with Crippen molar-refractivity contribution in [1.82, 2.24) is 20.2 Å². The summed E-state index contributed by atoms with van der Waals surface area (Å²) in [7, 11) is 1.63. The van der Waals surface area contributed by atoms with Crippen LogP contribution in [0.25, 0.3) is 22.6 Å². The summed E-state index contributed by atoms with van der Waals surface area (Å²) in [5.41, 5.74) is 4.01. The zero-order valence-electron chi connectivity index (χ0n) is 17.1. The monoisotopic (exact) mass is 451 g/mol. The molecule has 1 amide bonds. The lowest BCUT2D eigenvalue weighted by atomic mass is 10.1. The van der Waals surface area contributed by atoms with Crippen LogP contribution in [0, 0.1) is 0 Å². The number of aromatic amines is 1. The number of carbonyl (C=O) groups is 1. The van der Waals surface area contributed by atoms with Gasteiger partial charge in [-0.2, -0.15) is 0 Å². The molecule has 2 N–H and O–H groups in total. The summed E-state index contributed by atoms with van der Waals surface area (Å²) in [5.74, 6) is 1.52. The van der Waals surface area contributed by atoms with Crippen molar-refractivity contribution in [2.75, 3.05) is 18.2 Å². The van der Waals surface area contributed by atoms with Gasteiger partial charge in [-0.05, 0) is 36.2 Å². The molecule has 0 aliphatic carbocycles. The summed E-state index contributed by atoms with van der Waals surface area (Å²) >= 11 is 2.66. The maximum Gasteiger partial charge on any atom is 0.236 e. The zero-order chi connectivity index (χ0) is 21.6. The number of amides is 1. The number of ether oxygens (including phenoxy) is 1. The van der Waals surface area contributed by atoms with Crippen molar-refractivity contribution < 1.29 is 9.53 Å². The first-order valence-corrected chi connectivity index (χ1v) is 11.6. The van der Waals surface area contributed by atoms with Crippen LogP contribution in [0.5, 0.6) is 5.75 Å². The minimum atomic E-state index is -0.153. The van der Waals surface area contributed by atoms with Crippen molar-refractivity contribution in [3.8, 4) is 28.4 Å². The third-order valence-corrected chi connectivity index (χ3v) is 6.17. The minimum Gasteiger partial charge on any atom is -0.497 e. The second-order valence-corrected chi connectivity index (χ2v) is 8.42. The molecule has 0 spiro atoms. The predicted molar refractivity (Wildman–Crippen MR) is 125 cm³/mol. The van der Waals surface area contributed by atoms with E-state index < -0.39 is 0 Å². The van der Waals surface area contributed by atoms with Crippen molar-refractivity contribution in [1.29, 1.82) is 0 Å². The summed E-state index contributed by atoms with van der Waals surface area (Å²) in [6.07, 6.45) is 0.994. The van der Waals surface area contributed by atoms with Crippen LogP contribution in [0.15, 0.2) is 59.1 Å². The first-order chi connectivity index (χ1) is 15.1. The molecule has 7 nitrogen and oxygen atoms in total. The number of rotatable bonds is 8. The van der Waals surface area contributed by atoms with Crippen molar-refractivity contribution in [3.05, 3.63) is 59.5 Å². The summed E-state index contributed by atoms with van der Waals surface area (Å²) in [5, 5.41) is 13.0. The molecule has 9 heteroatoms. The number of carbonyl (C=O) groups excluding carboxylic acids is 1. The van der Waals surface area contributed by atoms with E-state index in [4.69, 9.17) is 4.74 Å². The SMILES string of the molecule is CCc1ccc(-c2nc(SCC(=O)Nc3nc(-c4ccc(OC)cc4)cs3)n[nH]2)cc1. The number of hydrogen-bond acceptors (Lipinski definition) is 7. The molecule has 0 saturated carbocycles. The molecule has 31 heavy (non-hydrogen) atoms. The van der Waals surface area contributed by atoms with E-state index >= 15 is 0 Å². The van der Waals surface area contributed by atoms with E-state index in [1.165, 1.54) is 28.7 Å². The van der Waals surface area contributed by atoms with Crippen LogP contribution < -0.4 is 10.1 Å². The maximum atomic E-state index is 12.3. The number of benzene rings is 2. The molecule has 0 bridgehead atoms. The van der Waals surface area contributed by atoms with Gasteiger partial charge in [0.25, 0.3) is 0 Å². The number of hydrogen-bond donors (Lipinski definition) is 2.